The van der Waals surface area contributed by atoms with Crippen LogP contribution >= 0.6 is 0 Å². The van der Waals surface area contributed by atoms with Gasteiger partial charge in [0, 0.05) is 19.1 Å². The first kappa shape index (κ1) is 9.77. The lowest BCUT2D eigenvalue weighted by Gasteiger charge is -2.29. The minimum atomic E-state index is -0.135. The Labute approximate surface area is 77.6 Å². The number of amides is 2. The van der Waals surface area contributed by atoms with Crippen LogP contribution in [0, 0.1) is 0 Å². The van der Waals surface area contributed by atoms with Crippen LogP contribution in [0.1, 0.15) is 12.8 Å². The van der Waals surface area contributed by atoms with Gasteiger partial charge < -0.3 is 10.2 Å². The zero-order valence-corrected chi connectivity index (χ0v) is 7.53. The largest absolute Gasteiger partial charge is 0.350 e. The summed E-state index contributed by atoms with van der Waals surface area (Å²) >= 11 is 0. The fourth-order valence-corrected chi connectivity index (χ4v) is 1.41. The van der Waals surface area contributed by atoms with Gasteiger partial charge in [0.1, 0.15) is 0 Å². The fraction of sp³-hybridized carbons (Fsp3) is 0.556. The van der Waals surface area contributed by atoms with E-state index in [9.17, 15) is 9.59 Å². The van der Waals surface area contributed by atoms with Crippen molar-refractivity contribution in [3.05, 3.63) is 12.7 Å². The summed E-state index contributed by atoms with van der Waals surface area (Å²) in [5, 5.41) is 2.81. The molecule has 0 aromatic carbocycles. The van der Waals surface area contributed by atoms with Crippen molar-refractivity contribution in [2.75, 3.05) is 13.1 Å². The van der Waals surface area contributed by atoms with E-state index in [0.717, 1.165) is 32.3 Å². The second kappa shape index (κ2) is 4.64. The molecule has 4 heteroatoms. The van der Waals surface area contributed by atoms with Crippen molar-refractivity contribution in [1.82, 2.24) is 10.2 Å². The number of carbonyl (C=O) groups excluding carboxylic acids is 2. The predicted octanol–water partition coefficient (Wildman–Crippen LogP) is -0.0906. The molecule has 0 unspecified atom stereocenters. The molecule has 1 N–H and O–H groups in total. The van der Waals surface area contributed by atoms with Gasteiger partial charge in [0.2, 0.25) is 12.3 Å². The van der Waals surface area contributed by atoms with E-state index in [1.807, 2.05) is 0 Å². The summed E-state index contributed by atoms with van der Waals surface area (Å²) < 4.78 is 0. The van der Waals surface area contributed by atoms with Gasteiger partial charge in [0.25, 0.3) is 0 Å². The van der Waals surface area contributed by atoms with Gasteiger partial charge in [-0.05, 0) is 18.9 Å². The summed E-state index contributed by atoms with van der Waals surface area (Å²) in [6.07, 6.45) is 3.79. The molecule has 0 aliphatic carbocycles. The van der Waals surface area contributed by atoms with Gasteiger partial charge >= 0.3 is 0 Å². The smallest absolute Gasteiger partial charge is 0.243 e. The Hall–Kier alpha value is -1.32. The molecule has 4 nitrogen and oxygen atoms in total. The van der Waals surface area contributed by atoms with Gasteiger partial charge in [0.15, 0.2) is 0 Å². The molecular formula is C9H14N2O2. The summed E-state index contributed by atoms with van der Waals surface area (Å²) in [5.41, 5.74) is 0. The maximum atomic E-state index is 10.9. The Kier molecular flexibility index (Phi) is 3.49. The average molecular weight is 182 g/mol. The van der Waals surface area contributed by atoms with Crippen molar-refractivity contribution >= 4 is 12.3 Å². The topological polar surface area (TPSA) is 49.4 Å². The van der Waals surface area contributed by atoms with E-state index in [2.05, 4.69) is 11.9 Å². The molecule has 1 saturated heterocycles. The van der Waals surface area contributed by atoms with E-state index >= 15 is 0 Å². The summed E-state index contributed by atoms with van der Waals surface area (Å²) in [5.74, 6) is -0.135. The minimum Gasteiger partial charge on any atom is -0.350 e. The molecule has 13 heavy (non-hydrogen) atoms. The number of nitrogens with one attached hydrogen (secondary N) is 1. The Bertz CT molecular complexity index is 208. The SMILES string of the molecule is C=CC(=O)NC1CCN(C=O)CC1. The van der Waals surface area contributed by atoms with Crippen LogP contribution in [0.2, 0.25) is 0 Å². The molecule has 0 radical (unpaired) electrons. The van der Waals surface area contributed by atoms with Gasteiger partial charge in [-0.25, -0.2) is 0 Å². The molecule has 0 aromatic rings. The summed E-state index contributed by atoms with van der Waals surface area (Å²) in [7, 11) is 0. The number of piperidine rings is 1. The third kappa shape index (κ3) is 2.89. The molecule has 1 aliphatic heterocycles. The highest BCUT2D eigenvalue weighted by Gasteiger charge is 2.18. The molecule has 1 fully saturated rings. The summed E-state index contributed by atoms with van der Waals surface area (Å²) in [6, 6.07) is 0.196. The molecule has 2 amide bonds. The monoisotopic (exact) mass is 182 g/mol. The second-order valence-electron chi connectivity index (χ2n) is 3.13. The molecule has 1 rings (SSSR count). The summed E-state index contributed by atoms with van der Waals surface area (Å²) in [4.78, 5) is 23.0. The molecule has 1 heterocycles. The van der Waals surface area contributed by atoms with E-state index in [1.165, 1.54) is 6.08 Å². The van der Waals surface area contributed by atoms with Crippen LogP contribution in [0.15, 0.2) is 12.7 Å². The molecule has 0 spiro atoms. The van der Waals surface area contributed by atoms with Crippen LogP contribution in [0.4, 0.5) is 0 Å². The van der Waals surface area contributed by atoms with E-state index in [1.54, 1.807) is 4.90 Å². The molecule has 0 aromatic heterocycles. The lowest BCUT2D eigenvalue weighted by Crippen LogP contribution is -2.43. The third-order valence-corrected chi connectivity index (χ3v) is 2.21. The number of nitrogens with zero attached hydrogens (tertiary/aromatic N) is 1. The minimum absolute atomic E-state index is 0.135. The van der Waals surface area contributed by atoms with Crippen molar-refractivity contribution in [2.45, 2.75) is 18.9 Å². The number of carbonyl (C=O) groups is 2. The predicted molar refractivity (Wildman–Crippen MR) is 49.0 cm³/mol. The highest BCUT2D eigenvalue weighted by Crippen LogP contribution is 2.07. The first-order valence-electron chi connectivity index (χ1n) is 4.38. The molecule has 72 valence electrons. The highest BCUT2D eigenvalue weighted by atomic mass is 16.1. The Morgan fingerprint density at radius 2 is 2.08 bits per heavy atom. The number of hydrogen-bond donors (Lipinski definition) is 1. The van der Waals surface area contributed by atoms with Crippen molar-refractivity contribution in [3.8, 4) is 0 Å². The zero-order chi connectivity index (χ0) is 9.68. The Balaban J connectivity index is 2.28. The number of rotatable bonds is 3. The Morgan fingerprint density at radius 3 is 2.54 bits per heavy atom. The van der Waals surface area contributed by atoms with Crippen LogP contribution in [-0.4, -0.2) is 36.3 Å². The molecule has 0 bridgehead atoms. The molecule has 1 aliphatic rings. The van der Waals surface area contributed by atoms with Gasteiger partial charge in [-0.3, -0.25) is 9.59 Å². The van der Waals surface area contributed by atoms with Gasteiger partial charge in [-0.1, -0.05) is 6.58 Å². The quantitative estimate of drug-likeness (QED) is 0.490. The first-order chi connectivity index (χ1) is 6.26. The van der Waals surface area contributed by atoms with Crippen LogP contribution < -0.4 is 5.32 Å². The second-order valence-corrected chi connectivity index (χ2v) is 3.13. The average Bonchev–Trinajstić information content (AvgIpc) is 2.19. The van der Waals surface area contributed by atoms with E-state index in [4.69, 9.17) is 0 Å². The lowest BCUT2D eigenvalue weighted by atomic mass is 10.1. The van der Waals surface area contributed by atoms with Crippen molar-refractivity contribution in [1.29, 1.82) is 0 Å². The van der Waals surface area contributed by atoms with Gasteiger partial charge in [-0.2, -0.15) is 0 Å². The fourth-order valence-electron chi connectivity index (χ4n) is 1.41. The van der Waals surface area contributed by atoms with Crippen molar-refractivity contribution in [2.24, 2.45) is 0 Å². The molecule has 0 atom stereocenters. The van der Waals surface area contributed by atoms with E-state index < -0.39 is 0 Å². The summed E-state index contributed by atoms with van der Waals surface area (Å²) in [6.45, 7) is 4.83. The molecule has 0 saturated carbocycles. The maximum absolute atomic E-state index is 10.9. The zero-order valence-electron chi connectivity index (χ0n) is 7.53. The highest BCUT2D eigenvalue weighted by molar-refractivity contribution is 5.87. The first-order valence-corrected chi connectivity index (χ1v) is 4.38. The number of likely N-dealkylation sites (tertiary alicyclic amines) is 1. The standard InChI is InChI=1S/C9H14N2O2/c1-2-9(13)10-8-3-5-11(7-12)6-4-8/h2,7-8H,1,3-6H2,(H,10,13). The normalized spacial score (nSPS) is 18.0. The lowest BCUT2D eigenvalue weighted by molar-refractivity contribution is -0.119. The van der Waals surface area contributed by atoms with Crippen molar-refractivity contribution in [3.63, 3.8) is 0 Å². The van der Waals surface area contributed by atoms with Crippen LogP contribution in [0.25, 0.3) is 0 Å². The van der Waals surface area contributed by atoms with Gasteiger partial charge in [-0.15, -0.1) is 0 Å². The maximum Gasteiger partial charge on any atom is 0.243 e. The Morgan fingerprint density at radius 1 is 1.46 bits per heavy atom. The van der Waals surface area contributed by atoms with Gasteiger partial charge in [0.05, 0.1) is 0 Å². The van der Waals surface area contributed by atoms with E-state index in [-0.39, 0.29) is 11.9 Å². The van der Waals surface area contributed by atoms with Crippen LogP contribution in [0.3, 0.4) is 0 Å². The van der Waals surface area contributed by atoms with Crippen molar-refractivity contribution < 1.29 is 9.59 Å². The third-order valence-electron chi connectivity index (χ3n) is 2.21. The molecular weight excluding hydrogens is 168 g/mol. The van der Waals surface area contributed by atoms with Crippen LogP contribution in [0.5, 0.6) is 0 Å². The number of hydrogen-bond acceptors (Lipinski definition) is 2. The van der Waals surface area contributed by atoms with Crippen LogP contribution in [-0.2, 0) is 9.59 Å². The van der Waals surface area contributed by atoms with E-state index in [0.29, 0.717) is 0 Å².